The fourth-order valence-electron chi connectivity index (χ4n) is 8.30. The maximum absolute atomic E-state index is 4.79. The van der Waals surface area contributed by atoms with Crippen LogP contribution in [-0.4, -0.2) is 0 Å². The zero-order chi connectivity index (χ0) is 38.2. The Labute approximate surface area is 329 Å². The van der Waals surface area contributed by atoms with Gasteiger partial charge in [-0.25, -0.2) is 0 Å². The highest BCUT2D eigenvalue weighted by atomic mass is 14.2. The summed E-state index contributed by atoms with van der Waals surface area (Å²) in [5.74, 6) is 0. The minimum absolute atomic E-state index is 0.965. The maximum Gasteiger partial charge on any atom is -0.00988 e. The Morgan fingerprint density at radius 3 is 1.77 bits per heavy atom. The summed E-state index contributed by atoms with van der Waals surface area (Å²) in [6.07, 6.45) is 6.51. The van der Waals surface area contributed by atoms with Gasteiger partial charge in [-0.15, -0.1) is 0 Å². The van der Waals surface area contributed by atoms with E-state index in [9.17, 15) is 0 Å². The standard InChI is InChI=1S/C56H42/c1-5-40(32-41-18-7-6-17-37(41)2)42-21-16-22-43(33-42)55(31-39(4)54-34-44-19-8-10-23-47(44)49-25-12-14-27-51(49)54)53-35-46(30-29-38(53)3)56-36-45-20-9-11-24-48(45)50-26-13-15-28-52(50)56/h5-36H,1,4H2,2-3H3/b40-32+,55-31-. The number of rotatable bonds is 8. The third-order valence-electron chi connectivity index (χ3n) is 11.3. The monoisotopic (exact) mass is 714 g/mol. The number of allylic oxidation sites excluding steroid dienone is 4. The van der Waals surface area contributed by atoms with E-state index in [4.69, 9.17) is 6.58 Å². The summed E-state index contributed by atoms with van der Waals surface area (Å²) < 4.78 is 0. The van der Waals surface area contributed by atoms with Crippen LogP contribution in [0.4, 0.5) is 0 Å². The fourth-order valence-corrected chi connectivity index (χ4v) is 8.30. The first-order valence-electron chi connectivity index (χ1n) is 19.3. The molecule has 0 radical (unpaired) electrons. The molecule has 0 unspecified atom stereocenters. The van der Waals surface area contributed by atoms with E-state index in [0.717, 1.165) is 33.4 Å². The van der Waals surface area contributed by atoms with Crippen LogP contribution in [0.25, 0.3) is 77.0 Å². The number of aryl methyl sites for hydroxylation is 2. The molecule has 56 heavy (non-hydrogen) atoms. The average Bonchev–Trinajstić information content (AvgIpc) is 3.25. The molecule has 0 amide bonds. The molecular formula is C56H42. The van der Waals surface area contributed by atoms with Gasteiger partial charge in [0.05, 0.1) is 0 Å². The van der Waals surface area contributed by atoms with Crippen molar-refractivity contribution in [2.45, 2.75) is 13.8 Å². The van der Waals surface area contributed by atoms with E-state index in [2.05, 4.69) is 209 Å². The highest BCUT2D eigenvalue weighted by Crippen LogP contribution is 2.40. The van der Waals surface area contributed by atoms with Crippen LogP contribution in [0.3, 0.4) is 0 Å². The molecule has 0 aliphatic carbocycles. The Bertz CT molecular complexity index is 3070. The smallest absolute Gasteiger partial charge is 0.00988 e. The third-order valence-corrected chi connectivity index (χ3v) is 11.3. The van der Waals surface area contributed by atoms with Gasteiger partial charge in [0.2, 0.25) is 0 Å². The summed E-state index contributed by atoms with van der Waals surface area (Å²) in [5.41, 5.74) is 13.7. The minimum atomic E-state index is 0.965. The van der Waals surface area contributed by atoms with Gasteiger partial charge in [0.25, 0.3) is 0 Å². The number of benzene rings is 9. The topological polar surface area (TPSA) is 0 Å². The van der Waals surface area contributed by atoms with Crippen LogP contribution in [0.15, 0.2) is 201 Å². The van der Waals surface area contributed by atoms with E-state index in [1.165, 1.54) is 76.5 Å². The second-order valence-electron chi connectivity index (χ2n) is 14.7. The van der Waals surface area contributed by atoms with E-state index in [1.807, 2.05) is 6.08 Å². The van der Waals surface area contributed by atoms with Gasteiger partial charge in [0.15, 0.2) is 0 Å². The quantitative estimate of drug-likeness (QED) is 0.0835. The van der Waals surface area contributed by atoms with Crippen LogP contribution in [0.2, 0.25) is 0 Å². The van der Waals surface area contributed by atoms with Crippen molar-refractivity contribution < 1.29 is 0 Å². The summed E-state index contributed by atoms with van der Waals surface area (Å²) in [5, 5.41) is 9.91. The van der Waals surface area contributed by atoms with Gasteiger partial charge in [-0.2, -0.15) is 0 Å². The summed E-state index contributed by atoms with van der Waals surface area (Å²) in [7, 11) is 0. The van der Waals surface area contributed by atoms with Gasteiger partial charge in [0, 0.05) is 0 Å². The predicted octanol–water partition coefficient (Wildman–Crippen LogP) is 15.5. The first kappa shape index (κ1) is 34.7. The summed E-state index contributed by atoms with van der Waals surface area (Å²) in [4.78, 5) is 0. The van der Waals surface area contributed by atoms with Crippen LogP contribution in [-0.2, 0) is 0 Å². The van der Waals surface area contributed by atoms with Gasteiger partial charge in [0.1, 0.15) is 0 Å². The Balaban J connectivity index is 1.27. The molecule has 0 heteroatoms. The molecule has 0 nitrogen and oxygen atoms in total. The van der Waals surface area contributed by atoms with Crippen LogP contribution in [0.5, 0.6) is 0 Å². The maximum atomic E-state index is 4.79. The summed E-state index contributed by atoms with van der Waals surface area (Å²) in [6, 6.07) is 63.8. The zero-order valence-corrected chi connectivity index (χ0v) is 31.9. The molecule has 0 fully saturated rings. The molecular weight excluding hydrogens is 673 g/mol. The van der Waals surface area contributed by atoms with E-state index in [1.54, 1.807) is 0 Å². The lowest BCUT2D eigenvalue weighted by molar-refractivity contribution is 1.41. The van der Waals surface area contributed by atoms with Crippen molar-refractivity contribution in [1.82, 2.24) is 0 Å². The molecule has 0 aliphatic rings. The van der Waals surface area contributed by atoms with Crippen LogP contribution in [0.1, 0.15) is 38.9 Å². The zero-order valence-electron chi connectivity index (χ0n) is 31.9. The summed E-state index contributed by atoms with van der Waals surface area (Å²) >= 11 is 0. The van der Waals surface area contributed by atoms with E-state index in [0.29, 0.717) is 0 Å². The van der Waals surface area contributed by atoms with Crippen molar-refractivity contribution in [3.8, 4) is 11.1 Å². The molecule has 0 heterocycles. The number of hydrogen-bond donors (Lipinski definition) is 0. The highest BCUT2D eigenvalue weighted by molar-refractivity contribution is 6.15. The molecule has 0 aliphatic heterocycles. The van der Waals surface area contributed by atoms with Crippen molar-refractivity contribution in [2.75, 3.05) is 0 Å². The van der Waals surface area contributed by atoms with Crippen molar-refractivity contribution in [3.63, 3.8) is 0 Å². The minimum Gasteiger partial charge on any atom is -0.0984 e. The number of hydrogen-bond acceptors (Lipinski definition) is 0. The molecule has 0 atom stereocenters. The lowest BCUT2D eigenvalue weighted by Crippen LogP contribution is -1.96. The highest BCUT2D eigenvalue weighted by Gasteiger charge is 2.16. The van der Waals surface area contributed by atoms with Crippen molar-refractivity contribution >= 4 is 65.9 Å². The molecule has 0 N–H and O–H groups in total. The van der Waals surface area contributed by atoms with Gasteiger partial charge < -0.3 is 0 Å². The Morgan fingerprint density at radius 2 is 1.05 bits per heavy atom. The molecule has 0 saturated carbocycles. The Hall–Kier alpha value is -7.02. The molecule has 0 bridgehead atoms. The Morgan fingerprint density at radius 1 is 0.464 bits per heavy atom. The van der Waals surface area contributed by atoms with Crippen molar-refractivity contribution in [2.24, 2.45) is 0 Å². The first-order chi connectivity index (χ1) is 27.5. The molecule has 0 saturated heterocycles. The fraction of sp³-hybridized carbons (Fsp3) is 0.0357. The first-order valence-corrected chi connectivity index (χ1v) is 19.3. The Kier molecular flexibility index (Phi) is 9.09. The van der Waals surface area contributed by atoms with Gasteiger partial charge >= 0.3 is 0 Å². The van der Waals surface area contributed by atoms with Gasteiger partial charge in [-0.3, -0.25) is 0 Å². The molecule has 9 aromatic carbocycles. The SMILES string of the molecule is C=C/C(=C\c1ccccc1C)c1cccc(/C(=C/C(=C)c2cc3ccccc3c3ccccc23)c2cc(-c3cc4ccccc4c4ccccc34)ccc2C)c1. The normalized spacial score (nSPS) is 12.1. The van der Waals surface area contributed by atoms with Crippen LogP contribution >= 0.6 is 0 Å². The van der Waals surface area contributed by atoms with Crippen LogP contribution < -0.4 is 0 Å². The lowest BCUT2D eigenvalue weighted by Gasteiger charge is -2.18. The average molecular weight is 715 g/mol. The van der Waals surface area contributed by atoms with Crippen molar-refractivity contribution in [3.05, 3.63) is 240 Å². The molecule has 9 aromatic rings. The van der Waals surface area contributed by atoms with E-state index >= 15 is 0 Å². The van der Waals surface area contributed by atoms with Gasteiger partial charge in [-0.1, -0.05) is 171 Å². The summed E-state index contributed by atoms with van der Waals surface area (Å²) in [6.45, 7) is 13.4. The van der Waals surface area contributed by atoms with Gasteiger partial charge in [-0.05, 0) is 160 Å². The second kappa shape index (κ2) is 14.7. The predicted molar refractivity (Wildman–Crippen MR) is 245 cm³/mol. The van der Waals surface area contributed by atoms with Crippen molar-refractivity contribution in [1.29, 1.82) is 0 Å². The third kappa shape index (κ3) is 6.36. The lowest BCUT2D eigenvalue weighted by atomic mass is 9.86. The molecule has 0 spiro atoms. The van der Waals surface area contributed by atoms with Crippen LogP contribution in [0, 0.1) is 13.8 Å². The molecule has 266 valence electrons. The van der Waals surface area contributed by atoms with E-state index < -0.39 is 0 Å². The molecule has 0 aromatic heterocycles. The number of fused-ring (bicyclic) bond motifs is 6. The molecule has 9 rings (SSSR count). The second-order valence-corrected chi connectivity index (χ2v) is 14.7. The largest absolute Gasteiger partial charge is 0.0984 e. The van der Waals surface area contributed by atoms with E-state index in [-0.39, 0.29) is 0 Å².